The molecular formula is C18H19N5O4. The van der Waals surface area contributed by atoms with E-state index in [-0.39, 0.29) is 12.1 Å². The highest BCUT2D eigenvalue weighted by molar-refractivity contribution is 6.08. The monoisotopic (exact) mass is 369 g/mol. The van der Waals surface area contributed by atoms with E-state index in [9.17, 15) is 19.2 Å². The van der Waals surface area contributed by atoms with E-state index in [1.165, 1.54) is 6.33 Å². The molecule has 1 aliphatic carbocycles. The first-order valence-corrected chi connectivity index (χ1v) is 8.91. The van der Waals surface area contributed by atoms with Gasteiger partial charge in [0.15, 0.2) is 0 Å². The summed E-state index contributed by atoms with van der Waals surface area (Å²) >= 11 is 0. The Morgan fingerprint density at radius 2 is 1.89 bits per heavy atom. The number of carbonyl (C=O) groups excluding carboxylic acids is 3. The van der Waals surface area contributed by atoms with Gasteiger partial charge in [-0.1, -0.05) is 31.4 Å². The molecule has 1 aromatic carbocycles. The van der Waals surface area contributed by atoms with Crippen LogP contribution in [0.5, 0.6) is 0 Å². The van der Waals surface area contributed by atoms with Gasteiger partial charge in [0.05, 0.1) is 17.2 Å². The van der Waals surface area contributed by atoms with Crippen LogP contribution in [0.3, 0.4) is 0 Å². The zero-order chi connectivity index (χ0) is 19.0. The second-order valence-corrected chi connectivity index (χ2v) is 6.94. The van der Waals surface area contributed by atoms with Gasteiger partial charge in [-0.3, -0.25) is 24.4 Å². The molecule has 2 N–H and O–H groups in total. The van der Waals surface area contributed by atoms with Gasteiger partial charge in [0.25, 0.3) is 17.4 Å². The van der Waals surface area contributed by atoms with Gasteiger partial charge in [-0.15, -0.1) is 0 Å². The van der Waals surface area contributed by atoms with E-state index in [1.54, 1.807) is 24.3 Å². The maximum absolute atomic E-state index is 12.7. The molecule has 0 atom stereocenters. The van der Waals surface area contributed by atoms with Crippen molar-refractivity contribution in [2.45, 2.75) is 44.2 Å². The van der Waals surface area contributed by atoms with Crippen LogP contribution in [0.2, 0.25) is 0 Å². The molecule has 1 aliphatic heterocycles. The molecular weight excluding hydrogens is 350 g/mol. The molecule has 9 nitrogen and oxygen atoms in total. The minimum atomic E-state index is -0.913. The van der Waals surface area contributed by atoms with Crippen LogP contribution in [0.1, 0.15) is 32.1 Å². The molecule has 0 unspecified atom stereocenters. The average Bonchev–Trinajstić information content (AvgIpc) is 2.89. The van der Waals surface area contributed by atoms with Crippen LogP contribution < -0.4 is 16.3 Å². The number of rotatable bonds is 3. The molecule has 1 spiro atoms. The molecule has 2 aromatic rings. The third-order valence-corrected chi connectivity index (χ3v) is 5.15. The molecule has 0 bridgehead atoms. The summed E-state index contributed by atoms with van der Waals surface area (Å²) in [7, 11) is 0. The van der Waals surface area contributed by atoms with Crippen molar-refractivity contribution in [2.75, 3.05) is 0 Å². The lowest BCUT2D eigenvalue weighted by molar-refractivity contribution is -0.140. The van der Waals surface area contributed by atoms with E-state index in [4.69, 9.17) is 0 Å². The second-order valence-electron chi connectivity index (χ2n) is 6.94. The average molecular weight is 369 g/mol. The summed E-state index contributed by atoms with van der Waals surface area (Å²) in [6.07, 6.45) is 5.14. The van der Waals surface area contributed by atoms with Crippen molar-refractivity contribution in [1.82, 2.24) is 25.3 Å². The third-order valence-electron chi connectivity index (χ3n) is 5.15. The molecule has 1 saturated heterocycles. The number of aromatic nitrogens is 2. The summed E-state index contributed by atoms with van der Waals surface area (Å²) in [4.78, 5) is 53.8. The maximum atomic E-state index is 12.7. The predicted octanol–water partition coefficient (Wildman–Crippen LogP) is 0.682. The van der Waals surface area contributed by atoms with E-state index >= 15 is 0 Å². The SMILES string of the molecule is O=C(Cn1cnc2ccccc2c1=O)NN1C(=O)NC2(CCCCC2)C1=O. The lowest BCUT2D eigenvalue weighted by Gasteiger charge is -2.30. The first-order chi connectivity index (χ1) is 13.0. The Hall–Kier alpha value is -3.23. The summed E-state index contributed by atoms with van der Waals surface area (Å²) < 4.78 is 1.15. The van der Waals surface area contributed by atoms with Crippen molar-refractivity contribution in [1.29, 1.82) is 0 Å². The van der Waals surface area contributed by atoms with Crippen LogP contribution in [0.25, 0.3) is 10.9 Å². The van der Waals surface area contributed by atoms with Crippen molar-refractivity contribution in [3.63, 3.8) is 0 Å². The van der Waals surface area contributed by atoms with Crippen LogP contribution in [0.15, 0.2) is 35.4 Å². The molecule has 1 aromatic heterocycles. The van der Waals surface area contributed by atoms with Gasteiger partial charge < -0.3 is 5.32 Å². The number of nitrogens with zero attached hydrogens (tertiary/aromatic N) is 3. The van der Waals surface area contributed by atoms with Gasteiger partial charge in [-0.05, 0) is 25.0 Å². The van der Waals surface area contributed by atoms with E-state index in [0.29, 0.717) is 23.7 Å². The van der Waals surface area contributed by atoms with Crippen molar-refractivity contribution in [3.05, 3.63) is 40.9 Å². The van der Waals surface area contributed by atoms with Crippen LogP contribution in [-0.2, 0) is 16.1 Å². The largest absolute Gasteiger partial charge is 0.344 e. The molecule has 140 valence electrons. The van der Waals surface area contributed by atoms with Gasteiger partial charge in [-0.25, -0.2) is 9.78 Å². The Kier molecular flexibility index (Phi) is 4.14. The highest BCUT2D eigenvalue weighted by Gasteiger charge is 2.52. The zero-order valence-electron chi connectivity index (χ0n) is 14.6. The summed E-state index contributed by atoms with van der Waals surface area (Å²) in [5.41, 5.74) is 1.58. The minimum Gasteiger partial charge on any atom is -0.322 e. The number of para-hydroxylation sites is 1. The third kappa shape index (κ3) is 2.94. The standard InChI is InChI=1S/C18H19N5O4/c24-14(10-22-11-19-13-7-3-2-6-12(13)15(22)25)21-23-16(26)18(20-17(23)27)8-4-1-5-9-18/h2-3,6-7,11H,1,4-5,8-10H2,(H,20,27)(H,21,24). The Labute approximate surface area is 154 Å². The molecule has 0 radical (unpaired) electrons. The van der Waals surface area contributed by atoms with Gasteiger partial charge in [-0.2, -0.15) is 5.01 Å². The minimum absolute atomic E-state index is 0.347. The number of carbonyl (C=O) groups is 3. The normalized spacial score (nSPS) is 18.7. The molecule has 4 rings (SSSR count). The molecule has 9 heteroatoms. The van der Waals surface area contributed by atoms with Gasteiger partial charge in [0.2, 0.25) is 0 Å². The number of nitrogens with one attached hydrogen (secondary N) is 2. The van der Waals surface area contributed by atoms with E-state index in [0.717, 1.165) is 28.8 Å². The Morgan fingerprint density at radius 3 is 2.67 bits per heavy atom. The number of hydrogen-bond acceptors (Lipinski definition) is 5. The number of imide groups is 1. The Balaban J connectivity index is 1.50. The molecule has 2 fully saturated rings. The molecule has 2 heterocycles. The van der Waals surface area contributed by atoms with Crippen LogP contribution in [0.4, 0.5) is 4.79 Å². The number of hydrazine groups is 1. The van der Waals surface area contributed by atoms with E-state index in [2.05, 4.69) is 15.7 Å². The summed E-state index contributed by atoms with van der Waals surface area (Å²) in [6, 6.07) is 6.18. The first-order valence-electron chi connectivity index (χ1n) is 8.91. The molecule has 2 aliphatic rings. The fourth-order valence-corrected chi connectivity index (χ4v) is 3.75. The number of urea groups is 1. The van der Waals surface area contributed by atoms with Gasteiger partial charge in [0.1, 0.15) is 12.1 Å². The van der Waals surface area contributed by atoms with Gasteiger partial charge in [0, 0.05) is 0 Å². The molecule has 4 amide bonds. The maximum Gasteiger partial charge on any atom is 0.344 e. The number of hydrogen-bond donors (Lipinski definition) is 2. The van der Waals surface area contributed by atoms with Crippen LogP contribution >= 0.6 is 0 Å². The van der Waals surface area contributed by atoms with Crippen molar-refractivity contribution in [2.24, 2.45) is 0 Å². The van der Waals surface area contributed by atoms with Crippen LogP contribution in [0, 0.1) is 0 Å². The fourth-order valence-electron chi connectivity index (χ4n) is 3.75. The lowest BCUT2D eigenvalue weighted by Crippen LogP contribution is -2.51. The fraction of sp³-hybridized carbons (Fsp3) is 0.389. The first kappa shape index (κ1) is 17.2. The van der Waals surface area contributed by atoms with Crippen molar-refractivity contribution in [3.8, 4) is 0 Å². The molecule has 1 saturated carbocycles. The molecule has 27 heavy (non-hydrogen) atoms. The summed E-state index contributed by atoms with van der Waals surface area (Å²) in [6.45, 7) is -0.347. The van der Waals surface area contributed by atoms with Crippen molar-refractivity contribution >= 4 is 28.7 Å². The van der Waals surface area contributed by atoms with Crippen molar-refractivity contribution < 1.29 is 14.4 Å². The second kappa shape index (κ2) is 6.49. The number of benzene rings is 1. The lowest BCUT2D eigenvalue weighted by atomic mass is 9.82. The topological polar surface area (TPSA) is 113 Å². The van der Waals surface area contributed by atoms with Crippen LogP contribution in [-0.4, -0.2) is 37.9 Å². The Bertz CT molecular complexity index is 993. The summed E-state index contributed by atoms with van der Waals surface area (Å²) in [5.74, 6) is -1.09. The Morgan fingerprint density at radius 1 is 1.15 bits per heavy atom. The predicted molar refractivity (Wildman–Crippen MR) is 95.3 cm³/mol. The highest BCUT2D eigenvalue weighted by Crippen LogP contribution is 2.32. The quantitative estimate of drug-likeness (QED) is 0.773. The smallest absolute Gasteiger partial charge is 0.322 e. The highest BCUT2D eigenvalue weighted by atomic mass is 16.2. The van der Waals surface area contributed by atoms with Gasteiger partial charge >= 0.3 is 6.03 Å². The van der Waals surface area contributed by atoms with E-state index in [1.807, 2.05) is 0 Å². The zero-order valence-corrected chi connectivity index (χ0v) is 14.6. The van der Waals surface area contributed by atoms with E-state index < -0.39 is 23.4 Å². The summed E-state index contributed by atoms with van der Waals surface area (Å²) in [5, 5.41) is 3.84. The number of amides is 4. The number of fused-ring (bicyclic) bond motifs is 1.